The van der Waals surface area contributed by atoms with E-state index in [0.29, 0.717) is 5.92 Å². The number of amides is 1. The minimum Gasteiger partial charge on any atom is -0.336 e. The van der Waals surface area contributed by atoms with E-state index < -0.39 is 21.9 Å². The fraction of sp³-hybridized carbons (Fsp3) is 0.562. The van der Waals surface area contributed by atoms with Gasteiger partial charge in [0.1, 0.15) is 5.82 Å². The first-order valence-corrected chi connectivity index (χ1v) is 9.91. The Bertz CT molecular complexity index is 748. The van der Waals surface area contributed by atoms with Gasteiger partial charge < -0.3 is 10.2 Å². The lowest BCUT2D eigenvalue weighted by molar-refractivity contribution is 0.0693. The topological polar surface area (TPSA) is 95.7 Å². The van der Waals surface area contributed by atoms with Gasteiger partial charge in [0.05, 0.1) is 5.56 Å². The molecule has 2 aliphatic heterocycles. The number of piperazine rings is 1. The molecule has 3 rings (SSSR count). The number of hydrogen-bond acceptors (Lipinski definition) is 4. The quantitative estimate of drug-likeness (QED) is 0.754. The Kier molecular flexibility index (Phi) is 6.98. The van der Waals surface area contributed by atoms with Crippen LogP contribution >= 0.6 is 12.4 Å². The summed E-state index contributed by atoms with van der Waals surface area (Å²) >= 11 is 0. The predicted molar refractivity (Wildman–Crippen MR) is 98.9 cm³/mol. The van der Waals surface area contributed by atoms with Crippen LogP contribution in [-0.2, 0) is 16.6 Å². The fourth-order valence-electron chi connectivity index (χ4n) is 3.40. The molecule has 1 aromatic carbocycles. The summed E-state index contributed by atoms with van der Waals surface area (Å²) in [5.74, 6) is -0.447. The summed E-state index contributed by atoms with van der Waals surface area (Å²) in [6.45, 7) is 2.58. The molecule has 10 heteroatoms. The summed E-state index contributed by atoms with van der Waals surface area (Å²) in [7, 11) is -3.75. The van der Waals surface area contributed by atoms with E-state index in [1.165, 1.54) is 11.0 Å². The number of nitrogens with one attached hydrogen (secondary N) is 1. The van der Waals surface area contributed by atoms with Gasteiger partial charge in [-0.1, -0.05) is 6.07 Å². The van der Waals surface area contributed by atoms with Crippen LogP contribution in [0.2, 0.25) is 0 Å². The minimum atomic E-state index is -3.75. The molecule has 2 aliphatic rings. The Hall–Kier alpha value is -1.26. The molecule has 0 saturated carbocycles. The third-order valence-electron chi connectivity index (χ3n) is 4.83. The smallest absolute Gasteiger partial charge is 0.277 e. The maximum atomic E-state index is 14.2. The van der Waals surface area contributed by atoms with Crippen LogP contribution in [0.15, 0.2) is 18.2 Å². The maximum Gasteiger partial charge on any atom is 0.277 e. The number of carbonyl (C=O) groups is 1. The van der Waals surface area contributed by atoms with E-state index in [-0.39, 0.29) is 44.1 Å². The first-order valence-electron chi connectivity index (χ1n) is 8.41. The van der Waals surface area contributed by atoms with Gasteiger partial charge in [-0.2, -0.15) is 12.7 Å². The highest BCUT2D eigenvalue weighted by Gasteiger charge is 2.28. The molecule has 2 fully saturated rings. The molecule has 2 heterocycles. The highest BCUT2D eigenvalue weighted by molar-refractivity contribution is 7.86. The van der Waals surface area contributed by atoms with Gasteiger partial charge in [-0.15, -0.1) is 12.4 Å². The average molecular weight is 407 g/mol. The maximum absolute atomic E-state index is 14.2. The molecular weight excluding hydrogens is 383 g/mol. The SMILES string of the molecule is Cl.NS(=O)(=O)N1CCN(C(=O)c2cc(CC3CCNC3)ccc2F)CC1. The molecule has 7 nitrogen and oxygen atoms in total. The zero-order valence-corrected chi connectivity index (χ0v) is 16.0. The van der Waals surface area contributed by atoms with E-state index in [1.807, 2.05) is 0 Å². The highest BCUT2D eigenvalue weighted by atomic mass is 35.5. The normalized spacial score (nSPS) is 21.5. The number of rotatable bonds is 4. The van der Waals surface area contributed by atoms with Crippen LogP contribution in [-0.4, -0.2) is 62.8 Å². The van der Waals surface area contributed by atoms with Crippen LogP contribution in [0.25, 0.3) is 0 Å². The molecule has 0 spiro atoms. The van der Waals surface area contributed by atoms with Crippen molar-refractivity contribution in [2.75, 3.05) is 39.3 Å². The molecule has 146 valence electrons. The monoisotopic (exact) mass is 406 g/mol. The number of halogens is 2. The molecule has 0 radical (unpaired) electrons. The Morgan fingerprint density at radius 1 is 1.27 bits per heavy atom. The summed E-state index contributed by atoms with van der Waals surface area (Å²) in [4.78, 5) is 14.1. The van der Waals surface area contributed by atoms with E-state index in [1.54, 1.807) is 12.1 Å². The number of hydrogen-bond donors (Lipinski definition) is 2. The predicted octanol–water partition coefficient (Wildman–Crippen LogP) is 0.361. The van der Waals surface area contributed by atoms with Crippen LogP contribution < -0.4 is 10.5 Å². The molecule has 0 aliphatic carbocycles. The Morgan fingerprint density at radius 2 is 1.96 bits per heavy atom. The number of carbonyl (C=O) groups excluding carboxylic acids is 1. The van der Waals surface area contributed by atoms with Gasteiger partial charge in [0.15, 0.2) is 0 Å². The molecule has 1 amide bonds. The van der Waals surface area contributed by atoms with Gasteiger partial charge in [0.25, 0.3) is 16.1 Å². The first kappa shape index (κ1) is 21.0. The summed E-state index contributed by atoms with van der Waals surface area (Å²) < 4.78 is 38.0. The summed E-state index contributed by atoms with van der Waals surface area (Å²) in [5.41, 5.74) is 0.995. The van der Waals surface area contributed by atoms with E-state index in [2.05, 4.69) is 5.32 Å². The van der Waals surface area contributed by atoms with Crippen LogP contribution in [0, 0.1) is 11.7 Å². The zero-order valence-electron chi connectivity index (χ0n) is 14.4. The summed E-state index contributed by atoms with van der Waals surface area (Å²) in [6.07, 6.45) is 1.89. The molecule has 0 aromatic heterocycles. The van der Waals surface area contributed by atoms with Gasteiger partial charge in [-0.3, -0.25) is 4.79 Å². The van der Waals surface area contributed by atoms with Crippen molar-refractivity contribution in [3.63, 3.8) is 0 Å². The second-order valence-corrected chi connectivity index (χ2v) is 8.16. The van der Waals surface area contributed by atoms with Crippen molar-refractivity contribution in [1.29, 1.82) is 0 Å². The molecule has 26 heavy (non-hydrogen) atoms. The van der Waals surface area contributed by atoms with Crippen molar-refractivity contribution in [3.8, 4) is 0 Å². The van der Waals surface area contributed by atoms with E-state index in [0.717, 1.165) is 35.8 Å². The van der Waals surface area contributed by atoms with E-state index in [9.17, 15) is 17.6 Å². The molecule has 2 saturated heterocycles. The lowest BCUT2D eigenvalue weighted by atomic mass is 9.97. The molecular formula is C16H24ClFN4O3S. The largest absolute Gasteiger partial charge is 0.336 e. The lowest BCUT2D eigenvalue weighted by Gasteiger charge is -2.33. The molecule has 1 atom stereocenters. The van der Waals surface area contributed by atoms with E-state index in [4.69, 9.17) is 5.14 Å². The Labute approximate surface area is 159 Å². The number of benzene rings is 1. The van der Waals surface area contributed by atoms with Crippen molar-refractivity contribution < 1.29 is 17.6 Å². The highest BCUT2D eigenvalue weighted by Crippen LogP contribution is 2.20. The van der Waals surface area contributed by atoms with Crippen molar-refractivity contribution in [2.45, 2.75) is 12.8 Å². The second-order valence-electron chi connectivity index (χ2n) is 6.61. The van der Waals surface area contributed by atoms with Crippen molar-refractivity contribution >= 4 is 28.5 Å². The number of nitrogens with two attached hydrogens (primary N) is 1. The average Bonchev–Trinajstić information content (AvgIpc) is 3.08. The van der Waals surface area contributed by atoms with Gasteiger partial charge in [0.2, 0.25) is 0 Å². The third-order valence-corrected chi connectivity index (χ3v) is 5.92. The number of nitrogens with zero attached hydrogens (tertiary/aromatic N) is 2. The second kappa shape index (κ2) is 8.62. The van der Waals surface area contributed by atoms with Crippen molar-refractivity contribution in [2.24, 2.45) is 11.1 Å². The summed E-state index contributed by atoms with van der Waals surface area (Å²) in [6, 6.07) is 4.69. The standard InChI is InChI=1S/C16H23FN4O3S.ClH/c17-15-2-1-12(9-13-3-4-19-11-13)10-14(15)16(22)20-5-7-21(8-6-20)25(18,23)24;/h1-2,10,13,19H,3-9,11H2,(H2,18,23,24);1H. The molecule has 1 aromatic rings. The molecule has 1 unspecified atom stereocenters. The van der Waals surface area contributed by atoms with Gasteiger partial charge in [0, 0.05) is 26.2 Å². The summed E-state index contributed by atoms with van der Waals surface area (Å²) in [5, 5.41) is 8.39. The van der Waals surface area contributed by atoms with Crippen LogP contribution in [0.4, 0.5) is 4.39 Å². The van der Waals surface area contributed by atoms with Crippen LogP contribution in [0.1, 0.15) is 22.3 Å². The molecule has 3 N–H and O–H groups in total. The fourth-order valence-corrected chi connectivity index (χ4v) is 4.07. The molecule has 0 bridgehead atoms. The van der Waals surface area contributed by atoms with Gasteiger partial charge in [-0.05, 0) is 49.5 Å². The first-order chi connectivity index (χ1) is 11.8. The lowest BCUT2D eigenvalue weighted by Crippen LogP contribution is -2.52. The van der Waals surface area contributed by atoms with Crippen LogP contribution in [0.3, 0.4) is 0 Å². The van der Waals surface area contributed by atoms with Gasteiger partial charge >= 0.3 is 0 Å². The van der Waals surface area contributed by atoms with Gasteiger partial charge in [-0.25, -0.2) is 9.53 Å². The third kappa shape index (κ3) is 4.92. The van der Waals surface area contributed by atoms with Crippen molar-refractivity contribution in [3.05, 3.63) is 35.1 Å². The van der Waals surface area contributed by atoms with Crippen LogP contribution in [0.5, 0.6) is 0 Å². The Balaban J connectivity index is 0.00000243. The van der Waals surface area contributed by atoms with Crippen molar-refractivity contribution in [1.82, 2.24) is 14.5 Å². The van der Waals surface area contributed by atoms with E-state index >= 15 is 0 Å². The zero-order chi connectivity index (χ0) is 18.0. The Morgan fingerprint density at radius 3 is 2.54 bits per heavy atom. The minimum absolute atomic E-state index is 0.